The molecule has 94 valence electrons. The van der Waals surface area contributed by atoms with Crippen molar-refractivity contribution in [2.24, 2.45) is 5.73 Å². The Morgan fingerprint density at radius 3 is 2.53 bits per heavy atom. The molecule has 0 saturated carbocycles. The Morgan fingerprint density at radius 1 is 1.00 bits per heavy atom. The predicted octanol–water partition coefficient (Wildman–Crippen LogP) is 2.18. The molecule has 3 aromatic rings. The van der Waals surface area contributed by atoms with Crippen molar-refractivity contribution in [1.82, 2.24) is 15.1 Å². The Kier molecular flexibility index (Phi) is 3.04. The number of aromatic nitrogens is 3. The minimum atomic E-state index is -0.425. The number of rotatable bonds is 3. The van der Waals surface area contributed by atoms with Crippen LogP contribution in [0.2, 0.25) is 0 Å². The van der Waals surface area contributed by atoms with Crippen LogP contribution in [0.15, 0.2) is 59.3 Å². The van der Waals surface area contributed by atoms with E-state index >= 15 is 0 Å². The third-order valence-electron chi connectivity index (χ3n) is 2.76. The van der Waals surface area contributed by atoms with Gasteiger partial charge in [0.1, 0.15) is 11.7 Å². The first kappa shape index (κ1) is 11.6. The summed E-state index contributed by atoms with van der Waals surface area (Å²) < 4.78 is 5.21. The second-order valence-corrected chi connectivity index (χ2v) is 4.06. The highest BCUT2D eigenvalue weighted by molar-refractivity contribution is 5.47. The number of benzene rings is 1. The SMILES string of the molecule is NC(c1ccccc1)c1nc(-c2ccccn2)no1. The second-order valence-electron chi connectivity index (χ2n) is 4.06. The zero-order chi connectivity index (χ0) is 13.1. The Bertz CT molecular complexity index is 651. The van der Waals surface area contributed by atoms with E-state index in [2.05, 4.69) is 15.1 Å². The first-order valence-electron chi connectivity index (χ1n) is 5.90. The van der Waals surface area contributed by atoms with Crippen molar-refractivity contribution in [3.05, 3.63) is 66.2 Å². The smallest absolute Gasteiger partial charge is 0.248 e. The highest BCUT2D eigenvalue weighted by Crippen LogP contribution is 2.20. The van der Waals surface area contributed by atoms with Crippen LogP contribution in [0, 0.1) is 0 Å². The molecule has 0 aliphatic rings. The van der Waals surface area contributed by atoms with Gasteiger partial charge in [-0.2, -0.15) is 4.98 Å². The lowest BCUT2D eigenvalue weighted by Crippen LogP contribution is -2.11. The number of hydrogen-bond acceptors (Lipinski definition) is 5. The maximum Gasteiger partial charge on any atom is 0.248 e. The van der Waals surface area contributed by atoms with Crippen molar-refractivity contribution in [3.63, 3.8) is 0 Å². The van der Waals surface area contributed by atoms with E-state index < -0.39 is 6.04 Å². The van der Waals surface area contributed by atoms with Gasteiger partial charge in [-0.1, -0.05) is 41.6 Å². The molecule has 5 nitrogen and oxygen atoms in total. The van der Waals surface area contributed by atoms with Crippen LogP contribution < -0.4 is 5.73 Å². The van der Waals surface area contributed by atoms with Gasteiger partial charge < -0.3 is 10.3 Å². The number of hydrogen-bond donors (Lipinski definition) is 1. The molecule has 0 saturated heterocycles. The first-order chi connectivity index (χ1) is 9.34. The molecule has 0 fully saturated rings. The summed E-state index contributed by atoms with van der Waals surface area (Å²) >= 11 is 0. The maximum atomic E-state index is 6.09. The largest absolute Gasteiger partial charge is 0.337 e. The summed E-state index contributed by atoms with van der Waals surface area (Å²) in [6, 6.07) is 14.7. The van der Waals surface area contributed by atoms with E-state index in [4.69, 9.17) is 10.3 Å². The van der Waals surface area contributed by atoms with Crippen LogP contribution in [-0.2, 0) is 0 Å². The average molecular weight is 252 g/mol. The molecular weight excluding hydrogens is 240 g/mol. The molecule has 2 aromatic heterocycles. The predicted molar refractivity (Wildman–Crippen MR) is 70.0 cm³/mol. The number of pyridine rings is 1. The summed E-state index contributed by atoms with van der Waals surface area (Å²) in [4.78, 5) is 8.46. The quantitative estimate of drug-likeness (QED) is 0.773. The lowest BCUT2D eigenvalue weighted by molar-refractivity contribution is 0.367. The number of nitrogens with two attached hydrogens (primary N) is 1. The molecule has 1 unspecified atom stereocenters. The van der Waals surface area contributed by atoms with E-state index in [1.165, 1.54) is 0 Å². The van der Waals surface area contributed by atoms with Crippen molar-refractivity contribution in [1.29, 1.82) is 0 Å². The number of nitrogens with zero attached hydrogens (tertiary/aromatic N) is 3. The van der Waals surface area contributed by atoms with Crippen molar-refractivity contribution in [3.8, 4) is 11.5 Å². The fourth-order valence-electron chi connectivity index (χ4n) is 1.76. The second kappa shape index (κ2) is 4.99. The molecule has 2 N–H and O–H groups in total. The minimum absolute atomic E-state index is 0.381. The summed E-state index contributed by atoms with van der Waals surface area (Å²) in [6.07, 6.45) is 1.68. The Morgan fingerprint density at radius 2 is 1.79 bits per heavy atom. The zero-order valence-electron chi connectivity index (χ0n) is 10.1. The van der Waals surface area contributed by atoms with E-state index in [9.17, 15) is 0 Å². The minimum Gasteiger partial charge on any atom is -0.337 e. The van der Waals surface area contributed by atoms with Crippen molar-refractivity contribution in [2.45, 2.75) is 6.04 Å². The third-order valence-corrected chi connectivity index (χ3v) is 2.76. The van der Waals surface area contributed by atoms with Crippen LogP contribution in [-0.4, -0.2) is 15.1 Å². The van der Waals surface area contributed by atoms with Crippen LogP contribution in [0.25, 0.3) is 11.5 Å². The normalized spacial score (nSPS) is 12.3. The molecule has 0 spiro atoms. The molecule has 0 radical (unpaired) electrons. The van der Waals surface area contributed by atoms with Crippen molar-refractivity contribution < 1.29 is 4.52 Å². The van der Waals surface area contributed by atoms with Gasteiger partial charge in [0.15, 0.2) is 0 Å². The van der Waals surface area contributed by atoms with Crippen molar-refractivity contribution >= 4 is 0 Å². The van der Waals surface area contributed by atoms with E-state index in [1.807, 2.05) is 48.5 Å². The molecule has 5 heteroatoms. The molecule has 0 amide bonds. The lowest BCUT2D eigenvalue weighted by atomic mass is 10.1. The van der Waals surface area contributed by atoms with Gasteiger partial charge in [-0.15, -0.1) is 0 Å². The van der Waals surface area contributed by atoms with Gasteiger partial charge in [0, 0.05) is 6.20 Å². The van der Waals surface area contributed by atoms with E-state index in [0.29, 0.717) is 17.4 Å². The van der Waals surface area contributed by atoms with Gasteiger partial charge in [0.05, 0.1) is 0 Å². The van der Waals surface area contributed by atoms with Gasteiger partial charge in [-0.05, 0) is 17.7 Å². The van der Waals surface area contributed by atoms with Crippen LogP contribution in [0.1, 0.15) is 17.5 Å². The third kappa shape index (κ3) is 2.36. The van der Waals surface area contributed by atoms with Gasteiger partial charge >= 0.3 is 0 Å². The molecule has 19 heavy (non-hydrogen) atoms. The fraction of sp³-hybridized carbons (Fsp3) is 0.0714. The van der Waals surface area contributed by atoms with Gasteiger partial charge in [0.2, 0.25) is 11.7 Å². The van der Waals surface area contributed by atoms with Crippen LogP contribution in [0.5, 0.6) is 0 Å². The summed E-state index contributed by atoms with van der Waals surface area (Å²) in [5, 5.41) is 3.90. The summed E-state index contributed by atoms with van der Waals surface area (Å²) in [7, 11) is 0. The summed E-state index contributed by atoms with van der Waals surface area (Å²) in [5.74, 6) is 0.828. The van der Waals surface area contributed by atoms with E-state index in [0.717, 1.165) is 5.56 Å². The molecular formula is C14H12N4O. The molecule has 3 rings (SSSR count). The molecule has 1 atom stereocenters. The standard InChI is InChI=1S/C14H12N4O/c15-12(10-6-2-1-3-7-10)14-17-13(18-19-14)11-8-4-5-9-16-11/h1-9,12H,15H2. The van der Waals surface area contributed by atoms with Gasteiger partial charge in [0.25, 0.3) is 0 Å². The molecule has 2 heterocycles. The topological polar surface area (TPSA) is 77.8 Å². The molecule has 0 aliphatic carbocycles. The Balaban J connectivity index is 1.90. The monoisotopic (exact) mass is 252 g/mol. The molecule has 1 aromatic carbocycles. The van der Waals surface area contributed by atoms with Crippen LogP contribution >= 0.6 is 0 Å². The van der Waals surface area contributed by atoms with E-state index in [1.54, 1.807) is 6.20 Å². The van der Waals surface area contributed by atoms with Gasteiger partial charge in [-0.25, -0.2) is 0 Å². The Labute approximate surface area is 110 Å². The lowest BCUT2D eigenvalue weighted by Gasteiger charge is -2.05. The maximum absolute atomic E-state index is 6.09. The summed E-state index contributed by atoms with van der Waals surface area (Å²) in [6.45, 7) is 0. The molecule has 0 bridgehead atoms. The summed E-state index contributed by atoms with van der Waals surface area (Å²) in [5.41, 5.74) is 7.69. The highest BCUT2D eigenvalue weighted by Gasteiger charge is 2.17. The highest BCUT2D eigenvalue weighted by atomic mass is 16.5. The van der Waals surface area contributed by atoms with Crippen LogP contribution in [0.3, 0.4) is 0 Å². The van der Waals surface area contributed by atoms with Crippen molar-refractivity contribution in [2.75, 3.05) is 0 Å². The van der Waals surface area contributed by atoms with Gasteiger partial charge in [-0.3, -0.25) is 4.98 Å². The van der Waals surface area contributed by atoms with E-state index in [-0.39, 0.29) is 0 Å². The first-order valence-corrected chi connectivity index (χ1v) is 5.90. The Hall–Kier alpha value is -2.53. The average Bonchev–Trinajstić information content (AvgIpc) is 2.98. The molecule has 0 aliphatic heterocycles. The fourth-order valence-corrected chi connectivity index (χ4v) is 1.76. The van der Waals surface area contributed by atoms with Crippen LogP contribution in [0.4, 0.5) is 0 Å². The zero-order valence-corrected chi connectivity index (χ0v) is 10.1.